The van der Waals surface area contributed by atoms with Gasteiger partial charge in [0.05, 0.1) is 22.6 Å². The predicted octanol–water partition coefficient (Wildman–Crippen LogP) is 2.61. The van der Waals surface area contributed by atoms with E-state index in [-0.39, 0.29) is 35.0 Å². The number of H-pyrrole nitrogens is 1. The summed E-state index contributed by atoms with van der Waals surface area (Å²) in [5, 5.41) is 0.389. The summed E-state index contributed by atoms with van der Waals surface area (Å²) in [4.78, 5) is 29.0. The van der Waals surface area contributed by atoms with Crippen molar-refractivity contribution >= 4 is 32.6 Å². The minimum atomic E-state index is -3.35. The lowest BCUT2D eigenvalue weighted by Gasteiger charge is -2.30. The molecule has 3 heterocycles. The third-order valence-electron chi connectivity index (χ3n) is 6.54. The van der Waals surface area contributed by atoms with E-state index in [0.29, 0.717) is 47.2 Å². The number of primary amides is 1. The second-order valence-corrected chi connectivity index (χ2v) is 10.7. The molecular formula is C24H22FN3O4S. The molecule has 0 spiro atoms. The highest BCUT2D eigenvalue weighted by atomic mass is 32.2. The quantitative estimate of drug-likeness (QED) is 0.577. The SMILES string of the molecule is C=CC(=O)N1CCc2c(cccc2-c2c(F)cc(C(N)=O)c3[nH]c4c(c23)CS(=O)(=O)CC4)C1. The maximum Gasteiger partial charge on any atom is 0.250 e. The summed E-state index contributed by atoms with van der Waals surface area (Å²) in [5.74, 6) is -1.84. The van der Waals surface area contributed by atoms with Gasteiger partial charge in [-0.2, -0.15) is 0 Å². The lowest BCUT2D eigenvalue weighted by atomic mass is 9.87. The van der Waals surface area contributed by atoms with Gasteiger partial charge in [0.25, 0.3) is 5.91 Å². The number of nitrogens with one attached hydrogen (secondary N) is 1. The van der Waals surface area contributed by atoms with Crippen LogP contribution in [0.15, 0.2) is 36.9 Å². The topological polar surface area (TPSA) is 113 Å². The third kappa shape index (κ3) is 3.43. The largest absolute Gasteiger partial charge is 0.366 e. The Morgan fingerprint density at radius 1 is 1.21 bits per heavy atom. The zero-order valence-electron chi connectivity index (χ0n) is 17.8. The van der Waals surface area contributed by atoms with Crippen molar-refractivity contribution in [3.8, 4) is 11.1 Å². The van der Waals surface area contributed by atoms with Crippen LogP contribution in [0, 0.1) is 5.82 Å². The van der Waals surface area contributed by atoms with Crippen LogP contribution in [-0.2, 0) is 39.8 Å². The van der Waals surface area contributed by atoms with Crippen molar-refractivity contribution in [1.29, 1.82) is 0 Å². The van der Waals surface area contributed by atoms with Crippen molar-refractivity contribution in [1.82, 2.24) is 9.88 Å². The molecule has 2 aliphatic rings. The second kappa shape index (κ2) is 7.55. The van der Waals surface area contributed by atoms with Gasteiger partial charge in [-0.3, -0.25) is 9.59 Å². The first-order valence-corrected chi connectivity index (χ1v) is 12.4. The third-order valence-corrected chi connectivity index (χ3v) is 8.09. The van der Waals surface area contributed by atoms with Gasteiger partial charge >= 0.3 is 0 Å². The zero-order valence-corrected chi connectivity index (χ0v) is 18.6. The number of sulfone groups is 1. The Hall–Kier alpha value is -3.46. The van der Waals surface area contributed by atoms with Gasteiger partial charge < -0.3 is 15.6 Å². The van der Waals surface area contributed by atoms with E-state index in [2.05, 4.69) is 11.6 Å². The van der Waals surface area contributed by atoms with Crippen LogP contribution in [0.25, 0.3) is 22.0 Å². The monoisotopic (exact) mass is 467 g/mol. The summed E-state index contributed by atoms with van der Waals surface area (Å²) < 4.78 is 40.5. The maximum atomic E-state index is 15.6. The highest BCUT2D eigenvalue weighted by Gasteiger charge is 2.31. The Morgan fingerprint density at radius 2 is 2.00 bits per heavy atom. The molecule has 0 saturated carbocycles. The number of benzene rings is 2. The highest BCUT2D eigenvalue weighted by molar-refractivity contribution is 7.90. The van der Waals surface area contributed by atoms with Crippen LogP contribution in [0.5, 0.6) is 0 Å². The summed E-state index contributed by atoms with van der Waals surface area (Å²) in [7, 11) is -3.35. The standard InChI is InChI=1S/C24H22FN3O4S/c1-2-20(29)28-8-6-14-13(11-28)4-3-5-15(14)21-18(25)10-16(24(26)30)23-22(21)17-12-33(31,32)9-7-19(17)27-23/h2-5,10,27H,1,6-9,11-12H2,(H2,26,30). The molecule has 0 bridgehead atoms. The molecular weight excluding hydrogens is 445 g/mol. The smallest absolute Gasteiger partial charge is 0.250 e. The number of aromatic nitrogens is 1. The number of nitrogens with two attached hydrogens (primary N) is 1. The Kier molecular flexibility index (Phi) is 4.89. The average Bonchev–Trinajstić information content (AvgIpc) is 3.14. The van der Waals surface area contributed by atoms with E-state index in [1.807, 2.05) is 6.07 Å². The molecule has 0 saturated heterocycles. The summed E-state index contributed by atoms with van der Waals surface area (Å²) in [6.45, 7) is 4.37. The van der Waals surface area contributed by atoms with Gasteiger partial charge in [0, 0.05) is 36.2 Å². The molecule has 5 rings (SSSR count). The van der Waals surface area contributed by atoms with Gasteiger partial charge in [0.15, 0.2) is 9.84 Å². The molecule has 2 aliphatic heterocycles. The van der Waals surface area contributed by atoms with Crippen molar-refractivity contribution in [3.05, 3.63) is 70.7 Å². The minimum absolute atomic E-state index is 0.00870. The molecule has 2 aromatic carbocycles. The molecule has 0 aliphatic carbocycles. The molecule has 1 aromatic heterocycles. The Labute approximate surface area is 190 Å². The number of nitrogens with zero attached hydrogens (tertiary/aromatic N) is 1. The zero-order chi connectivity index (χ0) is 23.5. The number of hydrogen-bond donors (Lipinski definition) is 2. The summed E-state index contributed by atoms with van der Waals surface area (Å²) >= 11 is 0. The van der Waals surface area contributed by atoms with E-state index in [9.17, 15) is 18.0 Å². The number of carbonyl (C=O) groups excluding carboxylic acids is 2. The molecule has 0 unspecified atom stereocenters. The highest BCUT2D eigenvalue weighted by Crippen LogP contribution is 2.42. The number of halogens is 1. The number of carbonyl (C=O) groups is 2. The fraction of sp³-hybridized carbons (Fsp3) is 0.250. The fourth-order valence-corrected chi connectivity index (χ4v) is 6.42. The van der Waals surface area contributed by atoms with Crippen LogP contribution in [0.3, 0.4) is 0 Å². The van der Waals surface area contributed by atoms with Crippen molar-refractivity contribution in [2.75, 3.05) is 12.3 Å². The number of hydrogen-bond acceptors (Lipinski definition) is 4. The van der Waals surface area contributed by atoms with Crippen LogP contribution in [0.1, 0.15) is 32.7 Å². The Bertz CT molecular complexity index is 1470. The number of rotatable bonds is 3. The van der Waals surface area contributed by atoms with Crippen molar-refractivity contribution in [2.45, 2.75) is 25.1 Å². The molecule has 33 heavy (non-hydrogen) atoms. The van der Waals surface area contributed by atoms with Crippen LogP contribution in [0.2, 0.25) is 0 Å². The summed E-state index contributed by atoms with van der Waals surface area (Å²) in [5.41, 5.74) is 9.71. The number of amides is 2. The molecule has 3 N–H and O–H groups in total. The van der Waals surface area contributed by atoms with E-state index in [1.54, 1.807) is 17.0 Å². The van der Waals surface area contributed by atoms with Crippen LogP contribution >= 0.6 is 0 Å². The van der Waals surface area contributed by atoms with E-state index >= 15 is 4.39 Å². The first-order valence-electron chi connectivity index (χ1n) is 10.6. The molecule has 0 radical (unpaired) electrons. The molecule has 9 heteroatoms. The van der Waals surface area contributed by atoms with Crippen LogP contribution < -0.4 is 5.73 Å². The molecule has 2 amide bonds. The van der Waals surface area contributed by atoms with Crippen molar-refractivity contribution < 1.29 is 22.4 Å². The maximum absolute atomic E-state index is 15.6. The molecule has 170 valence electrons. The van der Waals surface area contributed by atoms with Gasteiger partial charge in [0.1, 0.15) is 5.82 Å². The summed E-state index contributed by atoms with van der Waals surface area (Å²) in [6.07, 6.45) is 2.04. The fourth-order valence-electron chi connectivity index (χ4n) is 5.00. The number of fused-ring (bicyclic) bond motifs is 4. The van der Waals surface area contributed by atoms with Crippen molar-refractivity contribution in [3.63, 3.8) is 0 Å². The minimum Gasteiger partial charge on any atom is -0.366 e. The van der Waals surface area contributed by atoms with E-state index in [0.717, 1.165) is 17.2 Å². The van der Waals surface area contributed by atoms with Gasteiger partial charge in [0.2, 0.25) is 5.91 Å². The average molecular weight is 468 g/mol. The van der Waals surface area contributed by atoms with Crippen LogP contribution in [-0.4, -0.2) is 42.4 Å². The number of aryl methyl sites for hydroxylation is 1. The molecule has 7 nitrogen and oxygen atoms in total. The van der Waals surface area contributed by atoms with Gasteiger partial charge in [-0.1, -0.05) is 24.8 Å². The molecule has 3 aromatic rings. The first-order chi connectivity index (χ1) is 15.7. The van der Waals surface area contributed by atoms with Gasteiger partial charge in [-0.15, -0.1) is 0 Å². The Balaban J connectivity index is 1.79. The lowest BCUT2D eigenvalue weighted by molar-refractivity contribution is -0.126. The second-order valence-electron chi connectivity index (χ2n) is 8.48. The van der Waals surface area contributed by atoms with Crippen molar-refractivity contribution in [2.24, 2.45) is 5.73 Å². The van der Waals surface area contributed by atoms with E-state index in [4.69, 9.17) is 5.73 Å². The van der Waals surface area contributed by atoms with Gasteiger partial charge in [-0.25, -0.2) is 12.8 Å². The lowest BCUT2D eigenvalue weighted by Crippen LogP contribution is -2.34. The normalized spacial score (nSPS) is 16.8. The summed E-state index contributed by atoms with van der Waals surface area (Å²) in [6, 6.07) is 6.60. The number of aromatic amines is 1. The molecule has 0 atom stereocenters. The van der Waals surface area contributed by atoms with Gasteiger partial charge in [-0.05, 0) is 40.8 Å². The first kappa shape index (κ1) is 21.4. The Morgan fingerprint density at radius 3 is 2.73 bits per heavy atom. The van der Waals surface area contributed by atoms with E-state index in [1.165, 1.54) is 6.08 Å². The predicted molar refractivity (Wildman–Crippen MR) is 123 cm³/mol. The van der Waals surface area contributed by atoms with E-state index < -0.39 is 21.6 Å². The molecule has 0 fully saturated rings. The van der Waals surface area contributed by atoms with Crippen LogP contribution in [0.4, 0.5) is 4.39 Å².